The number of nitrogens with two attached hydrogens (primary N) is 1. The molecule has 0 bridgehead atoms. The van der Waals surface area contributed by atoms with E-state index >= 15 is 0 Å². The summed E-state index contributed by atoms with van der Waals surface area (Å²) >= 11 is 0. The molecule has 0 spiro atoms. The Labute approximate surface area is 176 Å². The van der Waals surface area contributed by atoms with Crippen LogP contribution in [0.15, 0.2) is 42.5 Å². The molecule has 3 N–H and O–H groups in total. The van der Waals surface area contributed by atoms with Crippen molar-refractivity contribution in [2.24, 2.45) is 0 Å². The van der Waals surface area contributed by atoms with Gasteiger partial charge in [0.05, 0.1) is 18.5 Å². The predicted octanol–water partition coefficient (Wildman–Crippen LogP) is 5.31. The maximum atomic E-state index is 14.2. The van der Waals surface area contributed by atoms with E-state index in [-0.39, 0.29) is 34.9 Å². The van der Waals surface area contributed by atoms with Gasteiger partial charge in [-0.25, -0.2) is 27.3 Å². The first-order chi connectivity index (χ1) is 14.8. The SMILES string of the molecule is CC.COC(=O)c1c(F)cc(-c2ccc(N)c(NCc3cc(F)ccc3F)n2)cc1F. The van der Waals surface area contributed by atoms with Gasteiger partial charge in [-0.3, -0.25) is 0 Å². The molecule has 1 aromatic heterocycles. The highest BCUT2D eigenvalue weighted by Crippen LogP contribution is 2.27. The van der Waals surface area contributed by atoms with E-state index in [4.69, 9.17) is 5.73 Å². The van der Waals surface area contributed by atoms with E-state index in [2.05, 4.69) is 15.0 Å². The molecule has 31 heavy (non-hydrogen) atoms. The highest BCUT2D eigenvalue weighted by molar-refractivity contribution is 5.90. The predicted molar refractivity (Wildman–Crippen MR) is 110 cm³/mol. The van der Waals surface area contributed by atoms with Crippen LogP contribution in [0.25, 0.3) is 11.3 Å². The van der Waals surface area contributed by atoms with Gasteiger partial charge in [-0.1, -0.05) is 13.8 Å². The lowest BCUT2D eigenvalue weighted by Gasteiger charge is -2.12. The van der Waals surface area contributed by atoms with Crippen molar-refractivity contribution in [3.05, 3.63) is 76.9 Å². The second kappa shape index (κ2) is 10.4. The molecule has 2 aromatic carbocycles. The van der Waals surface area contributed by atoms with Crippen LogP contribution in [0, 0.1) is 23.3 Å². The van der Waals surface area contributed by atoms with Crippen LogP contribution in [-0.4, -0.2) is 18.1 Å². The Morgan fingerprint density at radius 1 is 1.00 bits per heavy atom. The molecule has 3 rings (SSSR count). The van der Waals surface area contributed by atoms with Gasteiger partial charge < -0.3 is 15.8 Å². The summed E-state index contributed by atoms with van der Waals surface area (Å²) in [6, 6.07) is 7.75. The van der Waals surface area contributed by atoms with Gasteiger partial charge in [-0.05, 0) is 42.5 Å². The molecule has 9 heteroatoms. The van der Waals surface area contributed by atoms with Crippen LogP contribution in [-0.2, 0) is 11.3 Å². The van der Waals surface area contributed by atoms with Gasteiger partial charge in [0.15, 0.2) is 0 Å². The van der Waals surface area contributed by atoms with Crippen molar-refractivity contribution in [2.75, 3.05) is 18.2 Å². The summed E-state index contributed by atoms with van der Waals surface area (Å²) in [7, 11) is 1.01. The molecule has 1 heterocycles. The van der Waals surface area contributed by atoms with Crippen LogP contribution >= 0.6 is 0 Å². The molecular formula is C22H21F4N3O2. The van der Waals surface area contributed by atoms with Gasteiger partial charge in [0.2, 0.25) is 0 Å². The average molecular weight is 435 g/mol. The molecule has 0 saturated carbocycles. The Bertz CT molecular complexity index is 1070. The van der Waals surface area contributed by atoms with E-state index in [1.807, 2.05) is 13.8 Å². The summed E-state index contributed by atoms with van der Waals surface area (Å²) in [5.74, 6) is -4.46. The van der Waals surface area contributed by atoms with Crippen LogP contribution < -0.4 is 11.1 Å². The number of carbonyl (C=O) groups is 1. The number of rotatable bonds is 5. The molecule has 5 nitrogen and oxygen atoms in total. The summed E-state index contributed by atoms with van der Waals surface area (Å²) in [5.41, 5.74) is 5.47. The molecule has 0 fully saturated rings. The third-order valence-electron chi connectivity index (χ3n) is 4.11. The first-order valence-corrected chi connectivity index (χ1v) is 9.32. The third-order valence-corrected chi connectivity index (χ3v) is 4.11. The zero-order valence-corrected chi connectivity index (χ0v) is 17.1. The molecule has 3 aromatic rings. The monoisotopic (exact) mass is 435 g/mol. The first kappa shape index (κ1) is 23.7. The van der Waals surface area contributed by atoms with Crippen molar-refractivity contribution < 1.29 is 27.1 Å². The van der Waals surface area contributed by atoms with Gasteiger partial charge in [0.1, 0.15) is 34.7 Å². The molecule has 164 valence electrons. The minimum atomic E-state index is -1.14. The fraction of sp³-hybridized carbons (Fsp3) is 0.182. The van der Waals surface area contributed by atoms with Gasteiger partial charge in [0.25, 0.3) is 0 Å². The Morgan fingerprint density at radius 2 is 1.65 bits per heavy atom. The third kappa shape index (κ3) is 5.50. The standard InChI is InChI=1S/C20H15F4N3O2.C2H6/c1-29-20(28)18-14(23)7-10(8-15(18)24)17-5-4-16(25)19(27-17)26-9-11-6-12(21)2-3-13(11)22;1-2/h2-8H,9,25H2,1H3,(H,26,27);1-2H3. The topological polar surface area (TPSA) is 77.2 Å². The smallest absolute Gasteiger partial charge is 0.343 e. The quantitative estimate of drug-likeness (QED) is 0.419. The van der Waals surface area contributed by atoms with E-state index < -0.39 is 34.8 Å². The average Bonchev–Trinajstić information content (AvgIpc) is 2.76. The lowest BCUT2D eigenvalue weighted by atomic mass is 10.1. The minimum absolute atomic E-state index is 0.0487. The van der Waals surface area contributed by atoms with Crippen LogP contribution in [0.5, 0.6) is 0 Å². The number of anilines is 2. The number of carbonyl (C=O) groups excluding carboxylic acids is 1. The van der Waals surface area contributed by atoms with Gasteiger partial charge in [-0.2, -0.15) is 0 Å². The van der Waals surface area contributed by atoms with E-state index in [9.17, 15) is 22.4 Å². The van der Waals surface area contributed by atoms with Gasteiger partial charge >= 0.3 is 5.97 Å². The van der Waals surface area contributed by atoms with Crippen molar-refractivity contribution in [1.29, 1.82) is 0 Å². The number of pyridine rings is 1. The van der Waals surface area contributed by atoms with Gasteiger partial charge in [0, 0.05) is 17.7 Å². The molecule has 0 aliphatic rings. The van der Waals surface area contributed by atoms with E-state index in [1.165, 1.54) is 12.1 Å². The Kier molecular flexibility index (Phi) is 7.95. The van der Waals surface area contributed by atoms with Crippen LogP contribution in [0.1, 0.15) is 29.8 Å². The fourth-order valence-corrected chi connectivity index (χ4v) is 2.65. The molecule has 0 radical (unpaired) electrons. The number of nitrogens with one attached hydrogen (secondary N) is 1. The first-order valence-electron chi connectivity index (χ1n) is 9.32. The summed E-state index contributed by atoms with van der Waals surface area (Å²) in [6.07, 6.45) is 0. The van der Waals surface area contributed by atoms with Crippen molar-refractivity contribution in [1.82, 2.24) is 4.98 Å². The number of nitrogens with zero attached hydrogens (tertiary/aromatic N) is 1. The molecule has 0 amide bonds. The zero-order valence-electron chi connectivity index (χ0n) is 17.1. The maximum absolute atomic E-state index is 14.2. The highest BCUT2D eigenvalue weighted by Gasteiger charge is 2.20. The minimum Gasteiger partial charge on any atom is -0.465 e. The fourth-order valence-electron chi connectivity index (χ4n) is 2.65. The van der Waals surface area contributed by atoms with E-state index in [1.54, 1.807) is 0 Å². The van der Waals surface area contributed by atoms with Crippen molar-refractivity contribution in [2.45, 2.75) is 20.4 Å². The normalized spacial score (nSPS) is 10.2. The van der Waals surface area contributed by atoms with Crippen LogP contribution in [0.2, 0.25) is 0 Å². The highest BCUT2D eigenvalue weighted by atomic mass is 19.1. The number of aromatic nitrogens is 1. The van der Waals surface area contributed by atoms with E-state index in [0.717, 1.165) is 37.4 Å². The molecule has 0 atom stereocenters. The number of nitrogen functional groups attached to an aromatic ring is 1. The molecule has 0 saturated heterocycles. The lowest BCUT2D eigenvalue weighted by molar-refractivity contribution is 0.0590. The van der Waals surface area contributed by atoms with Crippen LogP contribution in [0.4, 0.5) is 29.1 Å². The Morgan fingerprint density at radius 3 is 2.26 bits per heavy atom. The second-order valence-electron chi connectivity index (χ2n) is 6.03. The Balaban J connectivity index is 0.00000166. The molecule has 0 aliphatic carbocycles. The van der Waals surface area contributed by atoms with Crippen LogP contribution in [0.3, 0.4) is 0 Å². The Hall–Kier alpha value is -3.62. The zero-order chi connectivity index (χ0) is 23.1. The lowest BCUT2D eigenvalue weighted by Crippen LogP contribution is -2.09. The summed E-state index contributed by atoms with van der Waals surface area (Å²) in [6.45, 7) is 3.88. The number of methoxy groups -OCH3 is 1. The van der Waals surface area contributed by atoms with E-state index in [0.29, 0.717) is 0 Å². The number of ether oxygens (including phenoxy) is 1. The second-order valence-corrected chi connectivity index (χ2v) is 6.03. The number of esters is 1. The van der Waals surface area contributed by atoms with Crippen molar-refractivity contribution in [3.8, 4) is 11.3 Å². The summed E-state index contributed by atoms with van der Waals surface area (Å²) < 4.78 is 59.8. The number of benzene rings is 2. The summed E-state index contributed by atoms with van der Waals surface area (Å²) in [4.78, 5) is 15.7. The maximum Gasteiger partial charge on any atom is 0.343 e. The number of hydrogen-bond donors (Lipinski definition) is 2. The van der Waals surface area contributed by atoms with Gasteiger partial charge in [-0.15, -0.1) is 0 Å². The molecular weight excluding hydrogens is 414 g/mol. The van der Waals surface area contributed by atoms with Crippen molar-refractivity contribution >= 4 is 17.5 Å². The molecule has 0 unspecified atom stereocenters. The van der Waals surface area contributed by atoms with Crippen molar-refractivity contribution in [3.63, 3.8) is 0 Å². The number of halogens is 4. The summed E-state index contributed by atoms with van der Waals surface area (Å²) in [5, 5.41) is 2.77. The number of hydrogen-bond acceptors (Lipinski definition) is 5. The largest absolute Gasteiger partial charge is 0.465 e. The molecule has 0 aliphatic heterocycles.